The summed E-state index contributed by atoms with van der Waals surface area (Å²) in [6.07, 6.45) is 1.66. The van der Waals surface area contributed by atoms with Crippen molar-refractivity contribution in [1.82, 2.24) is 30.1 Å². The molecule has 8 heteroatoms. The third kappa shape index (κ3) is 5.42. The Morgan fingerprint density at radius 2 is 1.67 bits per heavy atom. The number of H-pyrrole nitrogens is 1. The number of nitrogens with one attached hydrogen (secondary N) is 1. The fourth-order valence-corrected chi connectivity index (χ4v) is 4.98. The van der Waals surface area contributed by atoms with Gasteiger partial charge in [0.05, 0.1) is 19.4 Å². The number of rotatable bonds is 9. The van der Waals surface area contributed by atoms with Gasteiger partial charge in [-0.25, -0.2) is 4.68 Å². The number of aryl methyl sites for hydroxylation is 1. The smallest absolute Gasteiger partial charge is 0.253 e. The van der Waals surface area contributed by atoms with Crippen LogP contribution in [0.1, 0.15) is 39.9 Å². The highest BCUT2D eigenvalue weighted by Gasteiger charge is 2.31. The lowest BCUT2D eigenvalue weighted by atomic mass is 10.0. The molecule has 3 heterocycles. The Labute approximate surface area is 225 Å². The molecule has 6 rings (SSSR count). The van der Waals surface area contributed by atoms with E-state index in [9.17, 15) is 4.79 Å². The molecule has 0 fully saturated rings. The van der Waals surface area contributed by atoms with E-state index in [1.165, 1.54) is 0 Å². The number of hydrogen-bond acceptors (Lipinski definition) is 6. The number of benzene rings is 3. The first-order chi connectivity index (χ1) is 19.1. The molecule has 39 heavy (non-hydrogen) atoms. The highest BCUT2D eigenvalue weighted by molar-refractivity contribution is 5.79. The van der Waals surface area contributed by atoms with Gasteiger partial charge in [0, 0.05) is 17.6 Å². The second-order valence-electron chi connectivity index (χ2n) is 9.70. The van der Waals surface area contributed by atoms with Crippen LogP contribution in [-0.2, 0) is 19.6 Å². The minimum absolute atomic E-state index is 0.178. The topological polar surface area (TPSA) is 92.8 Å². The van der Waals surface area contributed by atoms with E-state index in [1.807, 2.05) is 85.8 Å². The normalized spacial score (nSPS) is 12.3. The zero-order valence-electron chi connectivity index (χ0n) is 21.6. The fraction of sp³-hybridized carbons (Fsp3) is 0.161. The Hall–Kier alpha value is -4.82. The van der Waals surface area contributed by atoms with Gasteiger partial charge in [-0.05, 0) is 64.2 Å². The standard InChI is InChI=1S/C31H28N6O2/c1-22-14-15-28-25(17-22)18-27(31(38)32-28)29(30-33-34-35-37(30)20-24-11-6-3-7-12-24)36(21-26-13-8-16-39-26)19-23-9-4-2-5-10-23/h2-18,29H,19-21H2,1H3,(H,32,38). The molecule has 0 spiro atoms. The Bertz CT molecular complexity index is 1730. The Balaban J connectivity index is 1.52. The SMILES string of the molecule is Cc1ccc2[nH]c(=O)c(C(c3nnnn3Cc3ccccc3)N(Cc3ccccc3)Cc3ccco3)cc2c1. The molecule has 0 aliphatic rings. The minimum atomic E-state index is -0.553. The maximum atomic E-state index is 13.7. The van der Waals surface area contributed by atoms with Crippen molar-refractivity contribution >= 4 is 10.9 Å². The molecule has 3 aromatic carbocycles. The van der Waals surface area contributed by atoms with E-state index < -0.39 is 6.04 Å². The van der Waals surface area contributed by atoms with E-state index in [1.54, 1.807) is 10.9 Å². The van der Waals surface area contributed by atoms with E-state index in [4.69, 9.17) is 4.42 Å². The lowest BCUT2D eigenvalue weighted by Crippen LogP contribution is -2.34. The second-order valence-corrected chi connectivity index (χ2v) is 9.70. The summed E-state index contributed by atoms with van der Waals surface area (Å²) in [4.78, 5) is 19.0. The van der Waals surface area contributed by atoms with Gasteiger partial charge in [-0.1, -0.05) is 72.3 Å². The van der Waals surface area contributed by atoms with Gasteiger partial charge in [0.25, 0.3) is 5.56 Å². The van der Waals surface area contributed by atoms with E-state index in [-0.39, 0.29) is 5.56 Å². The highest BCUT2D eigenvalue weighted by Crippen LogP contribution is 2.30. The molecule has 0 saturated heterocycles. The molecular weight excluding hydrogens is 488 g/mol. The minimum Gasteiger partial charge on any atom is -0.468 e. The lowest BCUT2D eigenvalue weighted by Gasteiger charge is -2.30. The van der Waals surface area contributed by atoms with Crippen LogP contribution in [-0.4, -0.2) is 30.1 Å². The summed E-state index contributed by atoms with van der Waals surface area (Å²) in [6, 6.07) is 31.5. The maximum Gasteiger partial charge on any atom is 0.253 e. The van der Waals surface area contributed by atoms with Crippen LogP contribution in [0.25, 0.3) is 10.9 Å². The number of pyridine rings is 1. The van der Waals surface area contributed by atoms with E-state index >= 15 is 0 Å². The van der Waals surface area contributed by atoms with E-state index in [0.717, 1.165) is 33.4 Å². The fourth-order valence-electron chi connectivity index (χ4n) is 4.98. The predicted molar refractivity (Wildman–Crippen MR) is 149 cm³/mol. The van der Waals surface area contributed by atoms with E-state index in [0.29, 0.717) is 31.0 Å². The predicted octanol–water partition coefficient (Wildman–Crippen LogP) is 5.26. The molecule has 0 aliphatic carbocycles. The largest absolute Gasteiger partial charge is 0.468 e. The number of furan rings is 1. The van der Waals surface area contributed by atoms with Crippen LogP contribution in [0, 0.1) is 6.92 Å². The van der Waals surface area contributed by atoms with Crippen molar-refractivity contribution in [2.24, 2.45) is 0 Å². The van der Waals surface area contributed by atoms with Gasteiger partial charge in [0.2, 0.25) is 0 Å². The summed E-state index contributed by atoms with van der Waals surface area (Å²) < 4.78 is 7.54. The van der Waals surface area contributed by atoms with Crippen molar-refractivity contribution < 1.29 is 4.42 Å². The zero-order chi connectivity index (χ0) is 26.6. The molecule has 194 valence electrons. The summed E-state index contributed by atoms with van der Waals surface area (Å²) in [6.45, 7) is 3.52. The van der Waals surface area contributed by atoms with Crippen LogP contribution >= 0.6 is 0 Å². The van der Waals surface area contributed by atoms with Gasteiger partial charge in [-0.2, -0.15) is 0 Å². The molecule has 1 atom stereocenters. The maximum absolute atomic E-state index is 13.7. The first kappa shape index (κ1) is 24.5. The van der Waals surface area contributed by atoms with Crippen LogP contribution in [0.5, 0.6) is 0 Å². The molecule has 0 amide bonds. The van der Waals surface area contributed by atoms with Crippen molar-refractivity contribution in [3.8, 4) is 0 Å². The number of nitrogens with zero attached hydrogens (tertiary/aromatic N) is 5. The molecule has 0 radical (unpaired) electrons. The Morgan fingerprint density at radius 1 is 0.897 bits per heavy atom. The van der Waals surface area contributed by atoms with Crippen LogP contribution in [0.2, 0.25) is 0 Å². The van der Waals surface area contributed by atoms with Gasteiger partial charge >= 0.3 is 0 Å². The van der Waals surface area contributed by atoms with E-state index in [2.05, 4.69) is 43.6 Å². The quantitative estimate of drug-likeness (QED) is 0.282. The summed E-state index contributed by atoms with van der Waals surface area (Å²) in [7, 11) is 0. The van der Waals surface area contributed by atoms with Crippen molar-refractivity contribution in [3.05, 3.63) is 148 Å². The number of aromatic amines is 1. The first-order valence-corrected chi connectivity index (χ1v) is 12.9. The molecule has 1 N–H and O–H groups in total. The van der Waals surface area contributed by atoms with Gasteiger partial charge in [-0.3, -0.25) is 9.69 Å². The zero-order valence-corrected chi connectivity index (χ0v) is 21.6. The number of aromatic nitrogens is 5. The molecule has 3 aromatic heterocycles. The van der Waals surface area contributed by atoms with Gasteiger partial charge in [-0.15, -0.1) is 5.10 Å². The number of fused-ring (bicyclic) bond motifs is 1. The monoisotopic (exact) mass is 516 g/mol. The molecule has 0 saturated carbocycles. The van der Waals surface area contributed by atoms with Gasteiger partial charge in [0.1, 0.15) is 11.8 Å². The van der Waals surface area contributed by atoms with Crippen molar-refractivity contribution in [2.45, 2.75) is 32.6 Å². The lowest BCUT2D eigenvalue weighted by molar-refractivity contribution is 0.179. The molecule has 0 bridgehead atoms. The number of hydrogen-bond donors (Lipinski definition) is 1. The van der Waals surface area contributed by atoms with Gasteiger partial charge in [0.15, 0.2) is 5.82 Å². The number of tetrazole rings is 1. The van der Waals surface area contributed by atoms with Gasteiger partial charge < -0.3 is 9.40 Å². The van der Waals surface area contributed by atoms with Crippen LogP contribution < -0.4 is 5.56 Å². The van der Waals surface area contributed by atoms with Crippen molar-refractivity contribution in [3.63, 3.8) is 0 Å². The molecule has 1 unspecified atom stereocenters. The second kappa shape index (κ2) is 10.9. The molecule has 6 aromatic rings. The average Bonchev–Trinajstić information content (AvgIpc) is 3.63. The highest BCUT2D eigenvalue weighted by atomic mass is 16.3. The molecule has 8 nitrogen and oxygen atoms in total. The Kier molecular flexibility index (Phi) is 6.84. The average molecular weight is 517 g/mol. The molecule has 0 aliphatic heterocycles. The summed E-state index contributed by atoms with van der Waals surface area (Å²) >= 11 is 0. The summed E-state index contributed by atoms with van der Waals surface area (Å²) in [5, 5.41) is 13.9. The van der Waals surface area contributed by atoms with Crippen LogP contribution in [0.3, 0.4) is 0 Å². The summed E-state index contributed by atoms with van der Waals surface area (Å²) in [5.41, 5.74) is 4.46. The first-order valence-electron chi connectivity index (χ1n) is 12.9. The van der Waals surface area contributed by atoms with Crippen LogP contribution in [0.4, 0.5) is 0 Å². The van der Waals surface area contributed by atoms with Crippen LogP contribution in [0.15, 0.2) is 113 Å². The van der Waals surface area contributed by atoms with Crippen molar-refractivity contribution in [2.75, 3.05) is 0 Å². The molecular formula is C31H28N6O2. The Morgan fingerprint density at radius 3 is 2.41 bits per heavy atom. The summed E-state index contributed by atoms with van der Waals surface area (Å²) in [5.74, 6) is 1.37. The third-order valence-electron chi connectivity index (χ3n) is 6.84. The van der Waals surface area contributed by atoms with Crippen molar-refractivity contribution in [1.29, 1.82) is 0 Å². The third-order valence-corrected chi connectivity index (χ3v) is 6.84.